The summed E-state index contributed by atoms with van der Waals surface area (Å²) in [5.41, 5.74) is 0.585. The molecule has 2 aromatic carbocycles. The van der Waals surface area contributed by atoms with Crippen molar-refractivity contribution in [2.75, 3.05) is 0 Å². The Labute approximate surface area is 139 Å². The molecule has 23 heavy (non-hydrogen) atoms. The fourth-order valence-electron chi connectivity index (χ4n) is 2.21. The lowest BCUT2D eigenvalue weighted by molar-refractivity contribution is 0.0940. The van der Waals surface area contributed by atoms with E-state index in [1.807, 2.05) is 66.9 Å². The lowest BCUT2D eigenvalue weighted by atomic mass is 10.2. The number of carbonyl (C=O) groups excluding carboxylic acids is 1. The Kier molecular flexibility index (Phi) is 4.74. The molecule has 0 bridgehead atoms. The Balaban J connectivity index is 1.70. The maximum Gasteiger partial charge on any atom is 0.251 e. The summed E-state index contributed by atoms with van der Waals surface area (Å²) in [5.74, 6) is 1.29. The highest BCUT2D eigenvalue weighted by molar-refractivity contribution is 7.10. The molecule has 0 saturated heterocycles. The molecular formula is C19H17NO2S. The molecule has 1 amide bonds. The van der Waals surface area contributed by atoms with Crippen LogP contribution in [0.15, 0.2) is 72.1 Å². The molecule has 0 fully saturated rings. The van der Waals surface area contributed by atoms with Gasteiger partial charge in [-0.25, -0.2) is 0 Å². The second-order valence-electron chi connectivity index (χ2n) is 5.15. The Morgan fingerprint density at radius 2 is 1.78 bits per heavy atom. The van der Waals surface area contributed by atoms with Gasteiger partial charge in [-0.15, -0.1) is 11.3 Å². The molecule has 0 radical (unpaired) electrons. The molecule has 1 aromatic heterocycles. The minimum Gasteiger partial charge on any atom is -0.457 e. The summed E-state index contributed by atoms with van der Waals surface area (Å²) in [6.07, 6.45) is 0. The van der Waals surface area contributed by atoms with Gasteiger partial charge in [0.2, 0.25) is 0 Å². The van der Waals surface area contributed by atoms with Crippen LogP contribution in [-0.2, 0) is 0 Å². The van der Waals surface area contributed by atoms with Gasteiger partial charge in [-0.3, -0.25) is 4.79 Å². The minimum atomic E-state index is -0.107. The van der Waals surface area contributed by atoms with Gasteiger partial charge in [0.1, 0.15) is 11.5 Å². The third-order valence-corrected chi connectivity index (χ3v) is 4.45. The summed E-state index contributed by atoms with van der Waals surface area (Å²) in [7, 11) is 0. The molecule has 3 nitrogen and oxygen atoms in total. The maximum absolute atomic E-state index is 12.4. The molecule has 3 aromatic rings. The highest BCUT2D eigenvalue weighted by Crippen LogP contribution is 2.23. The number of hydrogen-bond donors (Lipinski definition) is 1. The summed E-state index contributed by atoms with van der Waals surface area (Å²) >= 11 is 1.63. The van der Waals surface area contributed by atoms with Crippen LogP contribution in [0.2, 0.25) is 0 Å². The number of benzene rings is 2. The Morgan fingerprint density at radius 3 is 2.52 bits per heavy atom. The van der Waals surface area contributed by atoms with Gasteiger partial charge < -0.3 is 10.1 Å². The van der Waals surface area contributed by atoms with Crippen molar-refractivity contribution in [1.82, 2.24) is 5.32 Å². The van der Waals surface area contributed by atoms with Gasteiger partial charge in [0, 0.05) is 10.4 Å². The third kappa shape index (κ3) is 3.99. The first-order valence-electron chi connectivity index (χ1n) is 7.39. The van der Waals surface area contributed by atoms with Gasteiger partial charge in [-0.05, 0) is 48.7 Å². The molecule has 1 atom stereocenters. The molecule has 0 saturated carbocycles. The fraction of sp³-hybridized carbons (Fsp3) is 0.105. The molecule has 116 valence electrons. The van der Waals surface area contributed by atoms with E-state index < -0.39 is 0 Å². The van der Waals surface area contributed by atoms with Gasteiger partial charge in [-0.2, -0.15) is 0 Å². The van der Waals surface area contributed by atoms with E-state index in [9.17, 15) is 4.79 Å². The molecular weight excluding hydrogens is 306 g/mol. The molecule has 0 unspecified atom stereocenters. The van der Waals surface area contributed by atoms with Gasteiger partial charge in [-0.1, -0.05) is 30.3 Å². The van der Waals surface area contributed by atoms with Gasteiger partial charge in [0.25, 0.3) is 5.91 Å². The van der Waals surface area contributed by atoms with Crippen LogP contribution in [0.5, 0.6) is 11.5 Å². The average Bonchev–Trinajstić information content (AvgIpc) is 3.10. The van der Waals surface area contributed by atoms with Crippen LogP contribution in [0.3, 0.4) is 0 Å². The predicted molar refractivity (Wildman–Crippen MR) is 93.2 cm³/mol. The first-order valence-corrected chi connectivity index (χ1v) is 8.27. The predicted octanol–water partition coefficient (Wildman–Crippen LogP) is 5.03. The summed E-state index contributed by atoms with van der Waals surface area (Å²) in [6, 6.07) is 20.7. The van der Waals surface area contributed by atoms with E-state index in [4.69, 9.17) is 4.74 Å². The van der Waals surface area contributed by atoms with Crippen molar-refractivity contribution in [1.29, 1.82) is 0 Å². The molecule has 0 spiro atoms. The van der Waals surface area contributed by atoms with Crippen LogP contribution in [-0.4, -0.2) is 5.91 Å². The lowest BCUT2D eigenvalue weighted by Gasteiger charge is -2.13. The topological polar surface area (TPSA) is 38.3 Å². The molecule has 4 heteroatoms. The SMILES string of the molecule is C[C@@H](NC(=O)c1cccc(Oc2ccccc2)c1)c1cccs1. The van der Waals surface area contributed by atoms with Crippen LogP contribution in [0.4, 0.5) is 0 Å². The number of ether oxygens (including phenoxy) is 1. The molecule has 1 heterocycles. The molecule has 0 aliphatic carbocycles. The van der Waals surface area contributed by atoms with Crippen molar-refractivity contribution in [3.63, 3.8) is 0 Å². The third-order valence-electron chi connectivity index (χ3n) is 3.39. The highest BCUT2D eigenvalue weighted by Gasteiger charge is 2.12. The van der Waals surface area contributed by atoms with E-state index in [0.29, 0.717) is 11.3 Å². The minimum absolute atomic E-state index is 0.0128. The lowest BCUT2D eigenvalue weighted by Crippen LogP contribution is -2.26. The van der Waals surface area contributed by atoms with E-state index in [0.717, 1.165) is 10.6 Å². The van der Waals surface area contributed by atoms with E-state index in [1.54, 1.807) is 23.5 Å². The first-order chi connectivity index (χ1) is 11.2. The number of thiophene rings is 1. The number of nitrogens with one attached hydrogen (secondary N) is 1. The zero-order chi connectivity index (χ0) is 16.1. The van der Waals surface area contributed by atoms with E-state index >= 15 is 0 Å². The number of rotatable bonds is 5. The van der Waals surface area contributed by atoms with Crippen molar-refractivity contribution < 1.29 is 9.53 Å². The second kappa shape index (κ2) is 7.11. The summed E-state index contributed by atoms with van der Waals surface area (Å²) in [6.45, 7) is 1.98. The molecule has 3 rings (SSSR count). The van der Waals surface area contributed by atoms with Crippen LogP contribution >= 0.6 is 11.3 Å². The van der Waals surface area contributed by atoms with Gasteiger partial charge >= 0.3 is 0 Å². The van der Waals surface area contributed by atoms with Gasteiger partial charge in [0.05, 0.1) is 6.04 Å². The van der Waals surface area contributed by atoms with Crippen LogP contribution in [0, 0.1) is 0 Å². The standard InChI is InChI=1S/C19H17NO2S/c1-14(18-11-6-12-23-18)20-19(21)15-7-5-10-17(13-15)22-16-8-3-2-4-9-16/h2-14H,1H3,(H,20,21)/t14-/m1/s1. The summed E-state index contributed by atoms with van der Waals surface area (Å²) in [5, 5.41) is 5.01. The zero-order valence-corrected chi connectivity index (χ0v) is 13.5. The summed E-state index contributed by atoms with van der Waals surface area (Å²) in [4.78, 5) is 13.5. The Bertz CT molecular complexity index is 769. The first kappa shape index (κ1) is 15.3. The van der Waals surface area contributed by atoms with E-state index in [2.05, 4.69) is 5.32 Å². The summed E-state index contributed by atoms with van der Waals surface area (Å²) < 4.78 is 5.77. The number of hydrogen-bond acceptors (Lipinski definition) is 3. The quantitative estimate of drug-likeness (QED) is 0.715. The fourth-order valence-corrected chi connectivity index (χ4v) is 2.95. The van der Waals surface area contributed by atoms with E-state index in [1.165, 1.54) is 0 Å². The largest absolute Gasteiger partial charge is 0.457 e. The van der Waals surface area contributed by atoms with Crippen molar-refractivity contribution in [2.45, 2.75) is 13.0 Å². The Morgan fingerprint density at radius 1 is 1.00 bits per heavy atom. The van der Waals surface area contributed by atoms with E-state index in [-0.39, 0.29) is 11.9 Å². The monoisotopic (exact) mass is 323 g/mol. The number of amides is 1. The Hall–Kier alpha value is -2.59. The van der Waals surface area contributed by atoms with Crippen molar-refractivity contribution in [3.8, 4) is 11.5 Å². The highest BCUT2D eigenvalue weighted by atomic mass is 32.1. The van der Waals surface area contributed by atoms with Crippen molar-refractivity contribution >= 4 is 17.2 Å². The zero-order valence-electron chi connectivity index (χ0n) is 12.7. The second-order valence-corrected chi connectivity index (χ2v) is 6.13. The molecule has 1 N–H and O–H groups in total. The molecule has 0 aliphatic heterocycles. The average molecular weight is 323 g/mol. The van der Waals surface area contributed by atoms with Crippen LogP contribution in [0.25, 0.3) is 0 Å². The van der Waals surface area contributed by atoms with Crippen molar-refractivity contribution in [2.24, 2.45) is 0 Å². The molecule has 0 aliphatic rings. The number of carbonyl (C=O) groups is 1. The maximum atomic E-state index is 12.4. The van der Waals surface area contributed by atoms with Crippen LogP contribution in [0.1, 0.15) is 28.2 Å². The smallest absolute Gasteiger partial charge is 0.251 e. The van der Waals surface area contributed by atoms with Gasteiger partial charge in [0.15, 0.2) is 0 Å². The number of para-hydroxylation sites is 1. The normalized spacial score (nSPS) is 11.7. The van der Waals surface area contributed by atoms with Crippen LogP contribution < -0.4 is 10.1 Å². The van der Waals surface area contributed by atoms with Crippen molar-refractivity contribution in [3.05, 3.63) is 82.6 Å².